The summed E-state index contributed by atoms with van der Waals surface area (Å²) in [4.78, 5) is 23.6. The Balaban J connectivity index is 1.55. The number of carbonyl (C=O) groups is 1. The molecular weight excluding hydrogens is 396 g/mol. The number of rotatable bonds is 7. The number of hydrogen-bond acceptors (Lipinski definition) is 8. The van der Waals surface area contributed by atoms with E-state index >= 15 is 0 Å². The number of nitrogens with zero attached hydrogens (tertiary/aromatic N) is 5. The maximum atomic E-state index is 11.1. The number of amides is 1. The molecule has 1 N–H and O–H groups in total. The summed E-state index contributed by atoms with van der Waals surface area (Å²) in [7, 11) is 0. The maximum absolute atomic E-state index is 11.1. The van der Waals surface area contributed by atoms with Crippen LogP contribution in [0.25, 0.3) is 11.4 Å². The zero-order chi connectivity index (χ0) is 22.2. The van der Waals surface area contributed by atoms with Gasteiger partial charge < -0.3 is 14.8 Å². The first-order valence-corrected chi connectivity index (χ1v) is 10.2. The quantitative estimate of drug-likeness (QED) is 0.722. The highest BCUT2D eigenvalue weighted by Crippen LogP contribution is 2.28. The van der Waals surface area contributed by atoms with Gasteiger partial charge in [0, 0.05) is 37.1 Å². The fourth-order valence-corrected chi connectivity index (χ4v) is 3.43. The first kappa shape index (κ1) is 22.1. The van der Waals surface area contributed by atoms with Crippen molar-refractivity contribution in [1.29, 1.82) is 10.5 Å². The Morgan fingerprint density at radius 1 is 1.13 bits per heavy atom. The molecule has 9 heteroatoms. The van der Waals surface area contributed by atoms with Gasteiger partial charge in [-0.3, -0.25) is 4.79 Å². The predicted molar refractivity (Wildman–Crippen MR) is 111 cm³/mol. The molecule has 3 rings (SSSR count). The molecule has 9 nitrogen and oxygen atoms in total. The standard InChI is InChI=1S/C22H24N6O3/c1-14(28-15(2)29)13-30-19-3-5-20(6-4-19)31-22-17(9-24)7-18(12-27-22)21-25-10-16(8-23)11-26-21/h7,10-12,14,19-20H,3-6,13H2,1-2H3,(H,28,29)/t14-,19?,20?/m0/s1. The van der Waals surface area contributed by atoms with E-state index in [0.29, 0.717) is 35.0 Å². The summed E-state index contributed by atoms with van der Waals surface area (Å²) in [5, 5.41) is 21.2. The Kier molecular flexibility index (Phi) is 7.47. The van der Waals surface area contributed by atoms with Crippen molar-refractivity contribution in [3.05, 3.63) is 35.8 Å². The fourth-order valence-electron chi connectivity index (χ4n) is 3.43. The van der Waals surface area contributed by atoms with Crippen molar-refractivity contribution < 1.29 is 14.3 Å². The summed E-state index contributed by atoms with van der Waals surface area (Å²) in [5.74, 6) is 0.620. The molecule has 2 heterocycles. The van der Waals surface area contributed by atoms with E-state index in [2.05, 4.69) is 26.3 Å². The van der Waals surface area contributed by atoms with Gasteiger partial charge in [-0.15, -0.1) is 0 Å². The highest BCUT2D eigenvalue weighted by molar-refractivity contribution is 5.73. The largest absolute Gasteiger partial charge is 0.473 e. The van der Waals surface area contributed by atoms with E-state index in [4.69, 9.17) is 14.7 Å². The highest BCUT2D eigenvalue weighted by atomic mass is 16.5. The molecule has 1 atom stereocenters. The van der Waals surface area contributed by atoms with E-state index in [1.807, 2.05) is 13.0 Å². The SMILES string of the molecule is CC(=O)N[C@@H](C)COC1CCC(Oc2ncc(-c3ncc(C#N)cn3)cc2C#N)CC1. The minimum atomic E-state index is -0.0641. The van der Waals surface area contributed by atoms with Crippen molar-refractivity contribution in [2.24, 2.45) is 0 Å². The summed E-state index contributed by atoms with van der Waals surface area (Å²) >= 11 is 0. The number of nitriles is 2. The minimum absolute atomic E-state index is 0.0209. The molecule has 2 aromatic rings. The van der Waals surface area contributed by atoms with Crippen molar-refractivity contribution in [2.75, 3.05) is 6.61 Å². The van der Waals surface area contributed by atoms with Gasteiger partial charge in [0.15, 0.2) is 5.82 Å². The predicted octanol–water partition coefficient (Wildman–Crippen LogP) is 2.51. The second kappa shape index (κ2) is 10.5. The summed E-state index contributed by atoms with van der Waals surface area (Å²) in [6.07, 6.45) is 7.80. The Bertz CT molecular complexity index is 988. The van der Waals surface area contributed by atoms with Crippen molar-refractivity contribution in [1.82, 2.24) is 20.3 Å². The number of carbonyl (C=O) groups excluding carboxylic acids is 1. The third-order valence-electron chi connectivity index (χ3n) is 4.94. The monoisotopic (exact) mass is 420 g/mol. The lowest BCUT2D eigenvalue weighted by Gasteiger charge is -2.29. The van der Waals surface area contributed by atoms with Gasteiger partial charge in [0.05, 0.1) is 18.3 Å². The molecular formula is C22H24N6O3. The molecule has 0 radical (unpaired) electrons. The third kappa shape index (κ3) is 6.21. The van der Waals surface area contributed by atoms with Crippen LogP contribution in [0.3, 0.4) is 0 Å². The van der Waals surface area contributed by atoms with Gasteiger partial charge in [0.1, 0.15) is 23.8 Å². The lowest BCUT2D eigenvalue weighted by molar-refractivity contribution is -0.120. The zero-order valence-corrected chi connectivity index (χ0v) is 17.5. The van der Waals surface area contributed by atoms with E-state index < -0.39 is 0 Å². The first-order valence-electron chi connectivity index (χ1n) is 10.2. The number of ether oxygens (including phenoxy) is 2. The van der Waals surface area contributed by atoms with Crippen LogP contribution in [0.1, 0.15) is 50.7 Å². The molecule has 0 aliphatic heterocycles. The van der Waals surface area contributed by atoms with Crippen LogP contribution in [-0.2, 0) is 9.53 Å². The molecule has 160 valence electrons. The topological polar surface area (TPSA) is 134 Å². The van der Waals surface area contributed by atoms with Crippen molar-refractivity contribution in [3.63, 3.8) is 0 Å². The number of hydrogen-bond donors (Lipinski definition) is 1. The molecule has 31 heavy (non-hydrogen) atoms. The van der Waals surface area contributed by atoms with Gasteiger partial charge >= 0.3 is 0 Å². The molecule has 1 saturated carbocycles. The molecule has 0 spiro atoms. The Hall–Kier alpha value is -3.56. The molecule has 1 aliphatic rings. The average molecular weight is 420 g/mol. The lowest BCUT2D eigenvalue weighted by atomic mass is 9.95. The molecule has 2 aromatic heterocycles. The molecule has 1 aliphatic carbocycles. The number of nitrogens with one attached hydrogen (secondary N) is 1. The van der Waals surface area contributed by atoms with Crippen LogP contribution in [0, 0.1) is 22.7 Å². The van der Waals surface area contributed by atoms with E-state index in [1.165, 1.54) is 19.3 Å². The van der Waals surface area contributed by atoms with E-state index in [0.717, 1.165) is 25.7 Å². The summed E-state index contributed by atoms with van der Waals surface area (Å²) in [5.41, 5.74) is 1.26. The van der Waals surface area contributed by atoms with Gasteiger partial charge in [-0.1, -0.05) is 0 Å². The van der Waals surface area contributed by atoms with Crippen LogP contribution in [0.4, 0.5) is 0 Å². The second-order valence-corrected chi connectivity index (χ2v) is 7.55. The Morgan fingerprint density at radius 2 is 1.81 bits per heavy atom. The molecule has 0 bridgehead atoms. The maximum Gasteiger partial charge on any atom is 0.231 e. The van der Waals surface area contributed by atoms with Crippen LogP contribution in [0.5, 0.6) is 5.88 Å². The molecule has 1 fully saturated rings. The molecule has 0 aromatic carbocycles. The first-order chi connectivity index (χ1) is 15.0. The van der Waals surface area contributed by atoms with Crippen LogP contribution in [0.2, 0.25) is 0 Å². The number of pyridine rings is 1. The Morgan fingerprint density at radius 3 is 2.42 bits per heavy atom. The normalized spacial score (nSPS) is 19.0. The van der Waals surface area contributed by atoms with Gasteiger partial charge in [-0.05, 0) is 38.7 Å². The molecule has 0 saturated heterocycles. The van der Waals surface area contributed by atoms with Gasteiger partial charge in [0.2, 0.25) is 11.8 Å². The van der Waals surface area contributed by atoms with Crippen molar-refractivity contribution >= 4 is 5.91 Å². The highest BCUT2D eigenvalue weighted by Gasteiger charge is 2.25. The van der Waals surface area contributed by atoms with Crippen molar-refractivity contribution in [2.45, 2.75) is 57.8 Å². The summed E-state index contributed by atoms with van der Waals surface area (Å²) in [6, 6.07) is 5.71. The molecule has 1 amide bonds. The Labute approximate surface area is 181 Å². The second-order valence-electron chi connectivity index (χ2n) is 7.55. The van der Waals surface area contributed by atoms with E-state index in [9.17, 15) is 10.1 Å². The number of aromatic nitrogens is 3. The van der Waals surface area contributed by atoms with Crippen molar-refractivity contribution in [3.8, 4) is 29.4 Å². The lowest BCUT2D eigenvalue weighted by Crippen LogP contribution is -2.37. The van der Waals surface area contributed by atoms with Crippen LogP contribution < -0.4 is 10.1 Å². The fraction of sp³-hybridized carbons (Fsp3) is 0.455. The minimum Gasteiger partial charge on any atom is -0.473 e. The van der Waals surface area contributed by atoms with Gasteiger partial charge in [-0.25, -0.2) is 15.0 Å². The van der Waals surface area contributed by atoms with Crippen LogP contribution >= 0.6 is 0 Å². The van der Waals surface area contributed by atoms with Gasteiger partial charge in [-0.2, -0.15) is 10.5 Å². The zero-order valence-electron chi connectivity index (χ0n) is 17.5. The third-order valence-corrected chi connectivity index (χ3v) is 4.94. The smallest absolute Gasteiger partial charge is 0.231 e. The van der Waals surface area contributed by atoms with Crippen LogP contribution in [-0.4, -0.2) is 45.7 Å². The van der Waals surface area contributed by atoms with Crippen LogP contribution in [0.15, 0.2) is 24.7 Å². The summed E-state index contributed by atoms with van der Waals surface area (Å²) < 4.78 is 11.9. The van der Waals surface area contributed by atoms with E-state index in [-0.39, 0.29) is 24.2 Å². The van der Waals surface area contributed by atoms with E-state index in [1.54, 1.807) is 12.3 Å². The molecule has 0 unspecified atom stereocenters. The van der Waals surface area contributed by atoms with Gasteiger partial charge in [0.25, 0.3) is 0 Å². The average Bonchev–Trinajstić information content (AvgIpc) is 2.78. The summed E-state index contributed by atoms with van der Waals surface area (Å²) in [6.45, 7) is 3.89.